The minimum Gasteiger partial charge on any atom is -0.472 e. The Morgan fingerprint density at radius 3 is 2.47 bits per heavy atom. The number of fused-ring (bicyclic) bond motifs is 3. The molecule has 3 aliphatic heterocycles. The van der Waals surface area contributed by atoms with Gasteiger partial charge in [0.1, 0.15) is 23.1 Å². The predicted octanol–water partition coefficient (Wildman–Crippen LogP) is 2.90. The molecule has 8 heteroatoms. The maximum Gasteiger partial charge on any atom is 0.339 e. The lowest BCUT2D eigenvalue weighted by atomic mass is 9.37. The molecule has 0 aromatic carbocycles. The Bertz CT molecular complexity index is 1140. The summed E-state index contributed by atoms with van der Waals surface area (Å²) in [7, 11) is 0. The zero-order valence-corrected chi connectivity index (χ0v) is 20.0. The van der Waals surface area contributed by atoms with Crippen molar-refractivity contribution in [3.8, 4) is 0 Å². The molecule has 1 N–H and O–H groups in total. The highest BCUT2D eigenvalue weighted by molar-refractivity contribution is 5.91. The molecule has 34 heavy (non-hydrogen) atoms. The number of allylic oxidation sites excluding steroid dienone is 1. The van der Waals surface area contributed by atoms with Crippen LogP contribution >= 0.6 is 0 Å². The van der Waals surface area contributed by atoms with Crippen LogP contribution in [0.2, 0.25) is 0 Å². The molecule has 182 valence electrons. The van der Waals surface area contributed by atoms with Crippen molar-refractivity contribution < 1.29 is 38.1 Å². The van der Waals surface area contributed by atoms with E-state index in [9.17, 15) is 19.5 Å². The van der Waals surface area contributed by atoms with Gasteiger partial charge in [0.05, 0.1) is 18.6 Å². The topological polar surface area (TPSA) is 116 Å². The SMILES string of the molecule is CC1(C)OC(=O)C=C[C@]2(C)[C@H]3C(=O)C[C@@]4(C)[C@H](c5ccoc5)OC(=O)C5O[C@]54[C@]3(C)[C@H](O)C[C@@H]12. The number of carbonyl (C=O) groups is 3. The third-order valence-electron chi connectivity index (χ3n) is 9.91. The van der Waals surface area contributed by atoms with Gasteiger partial charge in [0.15, 0.2) is 6.10 Å². The molecule has 2 saturated carbocycles. The Morgan fingerprint density at radius 2 is 1.79 bits per heavy atom. The highest BCUT2D eigenvalue weighted by Gasteiger charge is 2.89. The summed E-state index contributed by atoms with van der Waals surface area (Å²) in [6.07, 6.45) is 4.02. The van der Waals surface area contributed by atoms with Crippen molar-refractivity contribution in [3.05, 3.63) is 36.3 Å². The van der Waals surface area contributed by atoms with Crippen LogP contribution < -0.4 is 0 Å². The Labute approximate surface area is 197 Å². The number of epoxide rings is 1. The van der Waals surface area contributed by atoms with Crippen LogP contribution in [-0.2, 0) is 28.6 Å². The average molecular weight is 471 g/mol. The van der Waals surface area contributed by atoms with Crippen LogP contribution in [0.15, 0.2) is 35.2 Å². The van der Waals surface area contributed by atoms with Gasteiger partial charge in [0, 0.05) is 46.1 Å². The number of carbonyl (C=O) groups excluding carboxylic acids is 3. The molecule has 4 heterocycles. The molecule has 4 fully saturated rings. The number of ether oxygens (including phenoxy) is 3. The van der Waals surface area contributed by atoms with E-state index >= 15 is 0 Å². The van der Waals surface area contributed by atoms with Crippen LogP contribution in [-0.4, -0.2) is 46.2 Å². The van der Waals surface area contributed by atoms with Crippen molar-refractivity contribution in [2.75, 3.05) is 0 Å². The second-order valence-corrected chi connectivity index (χ2v) is 11.9. The van der Waals surface area contributed by atoms with Crippen LogP contribution in [0.1, 0.15) is 59.1 Å². The fourth-order valence-electron chi connectivity index (χ4n) is 8.64. The highest BCUT2D eigenvalue weighted by atomic mass is 16.7. The van der Waals surface area contributed by atoms with Crippen LogP contribution in [0.25, 0.3) is 0 Å². The second kappa shape index (κ2) is 6.21. The number of esters is 2. The van der Waals surface area contributed by atoms with Gasteiger partial charge < -0.3 is 23.7 Å². The Hall–Kier alpha value is -2.45. The van der Waals surface area contributed by atoms with E-state index in [4.69, 9.17) is 18.6 Å². The standard InChI is InChI=1S/C26H30O8/c1-22(2)15-10-16(28)25(5)18(23(15,3)8-6-17(29)33-22)14(27)11-24(4)19(13-7-9-31-12-13)32-21(30)20-26(24,25)34-20/h6-9,12,15-16,18-20,28H,10-11H2,1-5H3/t15-,16+,18+,19-,20?,23-,24-,25+,26+/m0/s1. The number of hydrogen-bond donors (Lipinski definition) is 1. The van der Waals surface area contributed by atoms with E-state index in [1.807, 2.05) is 34.6 Å². The molecule has 0 radical (unpaired) electrons. The summed E-state index contributed by atoms with van der Waals surface area (Å²) in [5, 5.41) is 11.8. The number of Topliss-reactive ketones (excluding diaryl/α,β-unsaturated/α-hetero) is 1. The number of aliphatic hydroxyl groups is 1. The van der Waals surface area contributed by atoms with Gasteiger partial charge in [-0.05, 0) is 26.3 Å². The molecule has 1 unspecified atom stereocenters. The van der Waals surface area contributed by atoms with Gasteiger partial charge in [0.2, 0.25) is 0 Å². The first kappa shape index (κ1) is 22.0. The van der Waals surface area contributed by atoms with E-state index in [2.05, 4.69) is 0 Å². The minimum absolute atomic E-state index is 0.0441. The third kappa shape index (κ3) is 2.25. The van der Waals surface area contributed by atoms with Gasteiger partial charge in [-0.1, -0.05) is 26.8 Å². The lowest BCUT2D eigenvalue weighted by Crippen LogP contribution is -2.74. The maximum absolute atomic E-state index is 14.2. The van der Waals surface area contributed by atoms with Gasteiger partial charge in [-0.25, -0.2) is 9.59 Å². The molecular weight excluding hydrogens is 440 g/mol. The van der Waals surface area contributed by atoms with Crippen LogP contribution in [0, 0.1) is 28.1 Å². The van der Waals surface area contributed by atoms with Gasteiger partial charge in [-0.15, -0.1) is 0 Å². The number of cyclic esters (lactones) is 2. The highest BCUT2D eigenvalue weighted by Crippen LogP contribution is 2.78. The zero-order valence-electron chi connectivity index (χ0n) is 20.0. The minimum atomic E-state index is -1.10. The van der Waals surface area contributed by atoms with Gasteiger partial charge >= 0.3 is 11.9 Å². The molecule has 6 rings (SSSR count). The average Bonchev–Trinajstić information content (AvgIpc) is 3.34. The first-order valence-electron chi connectivity index (χ1n) is 11.9. The molecular formula is C26H30O8. The lowest BCUT2D eigenvalue weighted by molar-refractivity contribution is -0.242. The van der Waals surface area contributed by atoms with Crippen LogP contribution in [0.3, 0.4) is 0 Å². The summed E-state index contributed by atoms with van der Waals surface area (Å²) in [5.74, 6) is -2.00. The largest absolute Gasteiger partial charge is 0.472 e. The Kier molecular flexibility index (Phi) is 4.02. The Balaban J connectivity index is 1.56. The van der Waals surface area contributed by atoms with E-state index in [0.717, 1.165) is 0 Å². The van der Waals surface area contributed by atoms with Gasteiger partial charge in [-0.3, -0.25) is 4.79 Å². The quantitative estimate of drug-likeness (QED) is 0.492. The summed E-state index contributed by atoms with van der Waals surface area (Å²) in [6, 6.07) is 1.73. The fourth-order valence-corrected chi connectivity index (χ4v) is 8.64. The van der Waals surface area contributed by atoms with Crippen LogP contribution in [0.5, 0.6) is 0 Å². The molecule has 1 spiro atoms. The number of ketones is 1. The van der Waals surface area contributed by atoms with Crippen molar-refractivity contribution in [2.24, 2.45) is 28.1 Å². The lowest BCUT2D eigenvalue weighted by Gasteiger charge is -2.66. The smallest absolute Gasteiger partial charge is 0.339 e. The normalized spacial score (nSPS) is 50.6. The fraction of sp³-hybridized carbons (Fsp3) is 0.654. The number of aliphatic hydroxyl groups excluding tert-OH is 1. The van der Waals surface area contributed by atoms with Gasteiger partial charge in [-0.2, -0.15) is 0 Å². The summed E-state index contributed by atoms with van der Waals surface area (Å²) < 4.78 is 23.1. The number of furan rings is 1. The summed E-state index contributed by atoms with van der Waals surface area (Å²) in [6.45, 7) is 9.41. The van der Waals surface area contributed by atoms with Crippen molar-refractivity contribution in [3.63, 3.8) is 0 Å². The number of hydrogen-bond acceptors (Lipinski definition) is 8. The Morgan fingerprint density at radius 1 is 1.06 bits per heavy atom. The van der Waals surface area contributed by atoms with E-state index in [1.54, 1.807) is 12.1 Å². The van der Waals surface area contributed by atoms with Crippen molar-refractivity contribution in [1.82, 2.24) is 0 Å². The third-order valence-corrected chi connectivity index (χ3v) is 9.91. The molecule has 8 nitrogen and oxygen atoms in total. The monoisotopic (exact) mass is 470 g/mol. The second-order valence-electron chi connectivity index (χ2n) is 11.9. The zero-order chi connectivity index (χ0) is 24.5. The molecule has 5 aliphatic rings. The molecule has 2 aliphatic carbocycles. The summed E-state index contributed by atoms with van der Waals surface area (Å²) in [5.41, 5.74) is -4.13. The molecule has 9 atom stereocenters. The molecule has 0 bridgehead atoms. The summed E-state index contributed by atoms with van der Waals surface area (Å²) >= 11 is 0. The van der Waals surface area contributed by atoms with Crippen molar-refractivity contribution in [2.45, 2.75) is 77.0 Å². The first-order chi connectivity index (χ1) is 15.8. The van der Waals surface area contributed by atoms with E-state index in [0.29, 0.717) is 12.0 Å². The molecule has 1 aromatic rings. The molecule has 2 saturated heterocycles. The van der Waals surface area contributed by atoms with Crippen molar-refractivity contribution in [1.29, 1.82) is 0 Å². The molecule has 0 amide bonds. The summed E-state index contributed by atoms with van der Waals surface area (Å²) in [4.78, 5) is 39.7. The predicted molar refractivity (Wildman–Crippen MR) is 116 cm³/mol. The van der Waals surface area contributed by atoms with E-state index in [1.165, 1.54) is 18.6 Å². The van der Waals surface area contributed by atoms with Gasteiger partial charge in [0.25, 0.3) is 0 Å². The molecule has 1 aromatic heterocycles. The maximum atomic E-state index is 14.2. The number of rotatable bonds is 1. The van der Waals surface area contributed by atoms with E-state index in [-0.39, 0.29) is 18.1 Å². The van der Waals surface area contributed by atoms with Crippen LogP contribution in [0.4, 0.5) is 0 Å². The van der Waals surface area contributed by atoms with E-state index < -0.39 is 63.6 Å². The van der Waals surface area contributed by atoms with Crippen molar-refractivity contribution >= 4 is 17.7 Å². The first-order valence-corrected chi connectivity index (χ1v) is 11.9.